The fourth-order valence-corrected chi connectivity index (χ4v) is 2.41. The fraction of sp³-hybridized carbons (Fsp3) is 0.600. The van der Waals surface area contributed by atoms with E-state index in [9.17, 15) is 14.7 Å². The Kier molecular flexibility index (Phi) is 3.50. The van der Waals surface area contributed by atoms with Crippen LogP contribution in [0.5, 0.6) is 0 Å². The molecule has 94 valence electrons. The van der Waals surface area contributed by atoms with Crippen molar-refractivity contribution >= 4 is 15.9 Å². The smallest absolute Gasteiger partial charge is 0.330 e. The van der Waals surface area contributed by atoms with E-state index in [1.54, 1.807) is 6.92 Å². The number of aliphatic hydroxyl groups is 1. The van der Waals surface area contributed by atoms with Gasteiger partial charge in [-0.15, -0.1) is 0 Å². The molecule has 0 spiro atoms. The Hall–Kier alpha value is -0.920. The minimum atomic E-state index is -0.612. The van der Waals surface area contributed by atoms with Crippen LogP contribution in [0, 0.1) is 6.92 Å². The first-order valence-corrected chi connectivity index (χ1v) is 6.36. The van der Waals surface area contributed by atoms with Crippen molar-refractivity contribution in [3.8, 4) is 0 Å². The second-order valence-corrected chi connectivity index (χ2v) is 4.71. The van der Waals surface area contributed by atoms with E-state index in [1.165, 1.54) is 10.8 Å². The molecule has 1 fully saturated rings. The lowest BCUT2D eigenvalue weighted by Gasteiger charge is -2.14. The van der Waals surface area contributed by atoms with Crippen LogP contribution in [0.15, 0.2) is 15.8 Å². The Morgan fingerprint density at radius 1 is 1.65 bits per heavy atom. The van der Waals surface area contributed by atoms with Crippen molar-refractivity contribution in [3.63, 3.8) is 0 Å². The molecule has 1 aromatic rings. The van der Waals surface area contributed by atoms with E-state index < -0.39 is 23.6 Å². The number of H-pyrrole nitrogens is 1. The van der Waals surface area contributed by atoms with Crippen LogP contribution < -0.4 is 11.2 Å². The van der Waals surface area contributed by atoms with Crippen LogP contribution in [0.25, 0.3) is 0 Å². The minimum absolute atomic E-state index is 0.334. The van der Waals surface area contributed by atoms with E-state index in [2.05, 4.69) is 20.9 Å². The number of aliphatic hydroxyl groups excluding tert-OH is 1. The summed E-state index contributed by atoms with van der Waals surface area (Å²) in [5, 5.41) is 10.2. The lowest BCUT2D eigenvalue weighted by atomic mass is 10.2. The summed E-state index contributed by atoms with van der Waals surface area (Å²) >= 11 is 3.23. The van der Waals surface area contributed by atoms with Gasteiger partial charge in [0.25, 0.3) is 5.56 Å². The number of hydrogen-bond donors (Lipinski definition) is 2. The first-order chi connectivity index (χ1) is 8.02. The molecule has 0 aliphatic carbocycles. The van der Waals surface area contributed by atoms with Crippen molar-refractivity contribution in [1.29, 1.82) is 0 Å². The average Bonchev–Trinajstić information content (AvgIpc) is 2.65. The molecule has 0 saturated carbocycles. The van der Waals surface area contributed by atoms with Crippen LogP contribution in [0.4, 0.5) is 0 Å². The van der Waals surface area contributed by atoms with Gasteiger partial charge in [-0.1, -0.05) is 15.9 Å². The lowest BCUT2D eigenvalue weighted by Crippen LogP contribution is -2.33. The molecular weight excluding hydrogens is 292 g/mol. The van der Waals surface area contributed by atoms with Gasteiger partial charge in [-0.25, -0.2) is 4.79 Å². The van der Waals surface area contributed by atoms with E-state index in [0.717, 1.165) is 0 Å². The topological polar surface area (TPSA) is 84.3 Å². The largest absolute Gasteiger partial charge is 0.390 e. The van der Waals surface area contributed by atoms with Gasteiger partial charge in [0.2, 0.25) is 0 Å². The standard InChI is InChI=1S/C10H13BrN2O4/c1-5-4-13(10(16)12-9(5)15)8-2-6(14)7(3-11)17-8/h4,6-8,14H,2-3H2,1H3,(H,12,15,16)/t6-,7+,8+/m0/s1. The summed E-state index contributed by atoms with van der Waals surface area (Å²) in [6.45, 7) is 1.61. The number of nitrogens with one attached hydrogen (secondary N) is 1. The molecule has 7 heteroatoms. The molecule has 0 amide bonds. The predicted molar refractivity (Wildman–Crippen MR) is 64.4 cm³/mol. The third-order valence-electron chi connectivity index (χ3n) is 2.81. The summed E-state index contributed by atoms with van der Waals surface area (Å²) in [7, 11) is 0. The minimum Gasteiger partial charge on any atom is -0.390 e. The van der Waals surface area contributed by atoms with Crippen LogP contribution in [0.3, 0.4) is 0 Å². The van der Waals surface area contributed by atoms with Gasteiger partial charge in [-0.2, -0.15) is 0 Å². The maximum Gasteiger partial charge on any atom is 0.330 e. The van der Waals surface area contributed by atoms with Crippen molar-refractivity contribution in [2.75, 3.05) is 5.33 Å². The summed E-state index contributed by atoms with van der Waals surface area (Å²) in [6.07, 6.45) is 0.310. The van der Waals surface area contributed by atoms with Crippen LogP contribution in [0.2, 0.25) is 0 Å². The Labute approximate surface area is 105 Å². The first-order valence-electron chi connectivity index (χ1n) is 5.24. The van der Waals surface area contributed by atoms with Crippen LogP contribution in [0.1, 0.15) is 18.2 Å². The third-order valence-corrected chi connectivity index (χ3v) is 3.45. The van der Waals surface area contributed by atoms with Crippen LogP contribution in [-0.4, -0.2) is 32.2 Å². The molecule has 1 saturated heterocycles. The number of alkyl halides is 1. The molecule has 6 nitrogen and oxygen atoms in total. The molecule has 2 rings (SSSR count). The molecule has 17 heavy (non-hydrogen) atoms. The summed E-state index contributed by atoms with van der Waals surface area (Å²) in [4.78, 5) is 25.1. The Bertz CT molecular complexity index is 524. The molecule has 0 radical (unpaired) electrons. The van der Waals surface area contributed by atoms with Crippen molar-refractivity contribution < 1.29 is 9.84 Å². The quantitative estimate of drug-likeness (QED) is 0.747. The maximum absolute atomic E-state index is 11.6. The number of nitrogens with zero attached hydrogens (tertiary/aromatic N) is 1. The highest BCUT2D eigenvalue weighted by Gasteiger charge is 2.34. The Morgan fingerprint density at radius 2 is 2.35 bits per heavy atom. The number of ether oxygens (including phenoxy) is 1. The van der Waals surface area contributed by atoms with E-state index in [4.69, 9.17) is 4.74 Å². The number of rotatable bonds is 2. The number of aromatic amines is 1. The van der Waals surface area contributed by atoms with Gasteiger partial charge < -0.3 is 9.84 Å². The molecule has 2 N–H and O–H groups in total. The average molecular weight is 305 g/mol. The van der Waals surface area contributed by atoms with E-state index in [1.807, 2.05) is 0 Å². The Balaban J connectivity index is 2.34. The van der Waals surface area contributed by atoms with Crippen LogP contribution in [-0.2, 0) is 4.74 Å². The number of aromatic nitrogens is 2. The predicted octanol–water partition coefficient (Wildman–Crippen LogP) is -0.112. The summed E-state index contributed by atoms with van der Waals surface area (Å²) in [6, 6.07) is 0. The molecule has 1 aliphatic rings. The molecular formula is C10H13BrN2O4. The molecule has 1 aromatic heterocycles. The number of halogens is 1. The van der Waals surface area contributed by atoms with Gasteiger partial charge in [0.1, 0.15) is 6.23 Å². The first kappa shape index (κ1) is 12.5. The normalized spacial score (nSPS) is 28.5. The van der Waals surface area contributed by atoms with Crippen molar-refractivity contribution in [3.05, 3.63) is 32.6 Å². The van der Waals surface area contributed by atoms with Gasteiger partial charge >= 0.3 is 5.69 Å². The molecule has 0 unspecified atom stereocenters. The molecule has 3 atom stereocenters. The van der Waals surface area contributed by atoms with Crippen molar-refractivity contribution in [1.82, 2.24) is 9.55 Å². The SMILES string of the molecule is Cc1cn([C@H]2C[C@H](O)[C@@H](CBr)O2)c(=O)[nH]c1=O. The molecule has 1 aliphatic heterocycles. The monoisotopic (exact) mass is 304 g/mol. The second-order valence-electron chi connectivity index (χ2n) is 4.07. The zero-order valence-corrected chi connectivity index (χ0v) is 10.8. The second kappa shape index (κ2) is 4.75. The Morgan fingerprint density at radius 3 is 2.94 bits per heavy atom. The van der Waals surface area contributed by atoms with E-state index in [-0.39, 0.29) is 6.10 Å². The van der Waals surface area contributed by atoms with Gasteiger partial charge in [-0.3, -0.25) is 14.3 Å². The number of aryl methyl sites for hydroxylation is 1. The summed E-state index contributed by atoms with van der Waals surface area (Å²) in [5.41, 5.74) is -0.486. The maximum atomic E-state index is 11.6. The highest BCUT2D eigenvalue weighted by molar-refractivity contribution is 9.09. The number of hydrogen-bond acceptors (Lipinski definition) is 4. The van der Waals surface area contributed by atoms with E-state index >= 15 is 0 Å². The molecule has 0 bridgehead atoms. The van der Waals surface area contributed by atoms with Crippen molar-refractivity contribution in [2.45, 2.75) is 31.8 Å². The van der Waals surface area contributed by atoms with Gasteiger partial charge in [0.05, 0.1) is 12.2 Å². The van der Waals surface area contributed by atoms with Gasteiger partial charge in [-0.05, 0) is 6.92 Å². The highest BCUT2D eigenvalue weighted by Crippen LogP contribution is 2.28. The lowest BCUT2D eigenvalue weighted by molar-refractivity contribution is -0.00704. The molecule has 0 aromatic carbocycles. The zero-order chi connectivity index (χ0) is 12.6. The highest BCUT2D eigenvalue weighted by atomic mass is 79.9. The summed E-state index contributed by atoms with van der Waals surface area (Å²) < 4.78 is 6.84. The van der Waals surface area contributed by atoms with E-state index in [0.29, 0.717) is 17.3 Å². The zero-order valence-electron chi connectivity index (χ0n) is 9.22. The van der Waals surface area contributed by atoms with Gasteiger partial charge in [0, 0.05) is 23.5 Å². The third kappa shape index (κ3) is 2.36. The van der Waals surface area contributed by atoms with Crippen molar-refractivity contribution in [2.24, 2.45) is 0 Å². The summed E-state index contributed by atoms with van der Waals surface area (Å²) in [5.74, 6) is 0. The molecule has 2 heterocycles. The fourth-order valence-electron chi connectivity index (χ4n) is 1.82. The van der Waals surface area contributed by atoms with Crippen LogP contribution >= 0.6 is 15.9 Å². The van der Waals surface area contributed by atoms with Gasteiger partial charge in [0.15, 0.2) is 0 Å².